The third kappa shape index (κ3) is 6.45. The normalized spacial score (nSPS) is 12.7. The van der Waals surface area contributed by atoms with E-state index in [1.807, 2.05) is 78.9 Å². The predicted octanol–water partition coefficient (Wildman–Crippen LogP) is 4.65. The molecular formula is C28H28N2O4S. The highest BCUT2D eigenvalue weighted by Crippen LogP contribution is 2.20. The van der Waals surface area contributed by atoms with Crippen LogP contribution in [-0.2, 0) is 29.0 Å². The SMILES string of the molecule is O=C(N[C@@H](Cc1c[nH]c2ccccc12)C(=O)O)C(CS)Cc1ccc(OCc2ccccc2)cc1. The first-order chi connectivity index (χ1) is 17.0. The summed E-state index contributed by atoms with van der Waals surface area (Å²) in [4.78, 5) is 28.0. The van der Waals surface area contributed by atoms with Crippen molar-refractivity contribution in [3.8, 4) is 5.75 Å². The monoisotopic (exact) mass is 488 g/mol. The number of hydrogen-bond acceptors (Lipinski definition) is 4. The molecule has 0 bridgehead atoms. The van der Waals surface area contributed by atoms with Crippen molar-refractivity contribution >= 4 is 35.4 Å². The van der Waals surface area contributed by atoms with E-state index in [4.69, 9.17) is 4.74 Å². The summed E-state index contributed by atoms with van der Waals surface area (Å²) in [5, 5.41) is 13.4. The van der Waals surface area contributed by atoms with Crippen LogP contribution in [0.5, 0.6) is 5.75 Å². The smallest absolute Gasteiger partial charge is 0.326 e. The van der Waals surface area contributed by atoms with E-state index in [0.29, 0.717) is 18.8 Å². The van der Waals surface area contributed by atoms with Gasteiger partial charge in [0.2, 0.25) is 5.91 Å². The molecule has 0 saturated carbocycles. The zero-order valence-corrected chi connectivity index (χ0v) is 20.1. The van der Waals surface area contributed by atoms with Gasteiger partial charge in [0, 0.05) is 29.3 Å². The van der Waals surface area contributed by atoms with Gasteiger partial charge in [0.25, 0.3) is 0 Å². The number of amides is 1. The quantitative estimate of drug-likeness (QED) is 0.231. The maximum absolute atomic E-state index is 13.0. The lowest BCUT2D eigenvalue weighted by atomic mass is 9.98. The lowest BCUT2D eigenvalue weighted by molar-refractivity contribution is -0.142. The molecule has 3 N–H and O–H groups in total. The molecule has 180 valence electrons. The molecule has 0 spiro atoms. The molecule has 0 aliphatic rings. The molecule has 1 amide bonds. The number of ether oxygens (including phenoxy) is 1. The highest BCUT2D eigenvalue weighted by molar-refractivity contribution is 7.80. The van der Waals surface area contributed by atoms with Gasteiger partial charge in [-0.3, -0.25) is 4.79 Å². The second-order valence-electron chi connectivity index (χ2n) is 8.46. The Balaban J connectivity index is 1.35. The number of rotatable bonds is 11. The predicted molar refractivity (Wildman–Crippen MR) is 140 cm³/mol. The van der Waals surface area contributed by atoms with Crippen molar-refractivity contribution in [2.75, 3.05) is 5.75 Å². The van der Waals surface area contributed by atoms with Gasteiger partial charge >= 0.3 is 5.97 Å². The van der Waals surface area contributed by atoms with Crippen molar-refractivity contribution in [1.82, 2.24) is 10.3 Å². The number of H-pyrrole nitrogens is 1. The maximum Gasteiger partial charge on any atom is 0.326 e. The number of hydrogen-bond donors (Lipinski definition) is 4. The summed E-state index contributed by atoms with van der Waals surface area (Å²) in [5.41, 5.74) is 3.82. The molecule has 3 aromatic carbocycles. The Bertz CT molecular complexity index is 1270. The Morgan fingerprint density at radius 2 is 1.63 bits per heavy atom. The van der Waals surface area contributed by atoms with Crippen molar-refractivity contribution in [2.45, 2.75) is 25.5 Å². The van der Waals surface area contributed by atoms with Crippen LogP contribution in [0.1, 0.15) is 16.7 Å². The Morgan fingerprint density at radius 1 is 0.914 bits per heavy atom. The van der Waals surface area contributed by atoms with Crippen molar-refractivity contribution in [2.24, 2.45) is 5.92 Å². The molecule has 6 nitrogen and oxygen atoms in total. The van der Waals surface area contributed by atoms with E-state index in [1.165, 1.54) is 0 Å². The zero-order chi connectivity index (χ0) is 24.6. The summed E-state index contributed by atoms with van der Waals surface area (Å²) in [5.74, 6) is -0.802. The van der Waals surface area contributed by atoms with E-state index >= 15 is 0 Å². The van der Waals surface area contributed by atoms with Crippen LogP contribution < -0.4 is 10.1 Å². The summed E-state index contributed by atoms with van der Waals surface area (Å²) in [7, 11) is 0. The van der Waals surface area contributed by atoms with Crippen LogP contribution in [0.3, 0.4) is 0 Å². The number of carbonyl (C=O) groups excluding carboxylic acids is 1. The van der Waals surface area contributed by atoms with Crippen LogP contribution in [-0.4, -0.2) is 33.8 Å². The van der Waals surface area contributed by atoms with Gasteiger partial charge in [-0.2, -0.15) is 12.6 Å². The number of nitrogens with one attached hydrogen (secondary N) is 2. The zero-order valence-electron chi connectivity index (χ0n) is 19.2. The molecule has 4 rings (SSSR count). The van der Waals surface area contributed by atoms with E-state index in [9.17, 15) is 14.7 Å². The molecule has 1 heterocycles. The van der Waals surface area contributed by atoms with E-state index in [-0.39, 0.29) is 12.3 Å². The Labute approximate surface area is 209 Å². The lowest BCUT2D eigenvalue weighted by Crippen LogP contribution is -2.45. The second kappa shape index (κ2) is 11.6. The van der Waals surface area contributed by atoms with Crippen LogP contribution in [0.15, 0.2) is 85.1 Å². The Hall–Kier alpha value is -3.71. The third-order valence-corrected chi connectivity index (χ3v) is 6.40. The summed E-state index contributed by atoms with van der Waals surface area (Å²) < 4.78 is 5.82. The van der Waals surface area contributed by atoms with Gasteiger partial charge in [-0.05, 0) is 41.3 Å². The number of fused-ring (bicyclic) bond motifs is 1. The van der Waals surface area contributed by atoms with Crippen molar-refractivity contribution in [1.29, 1.82) is 0 Å². The summed E-state index contributed by atoms with van der Waals surface area (Å²) in [6, 6.07) is 24.2. The summed E-state index contributed by atoms with van der Waals surface area (Å²) >= 11 is 4.35. The van der Waals surface area contributed by atoms with Gasteiger partial charge < -0.3 is 20.1 Å². The maximum atomic E-state index is 13.0. The van der Waals surface area contributed by atoms with Crippen LogP contribution in [0, 0.1) is 5.92 Å². The van der Waals surface area contributed by atoms with Crippen LogP contribution in [0.2, 0.25) is 0 Å². The van der Waals surface area contributed by atoms with Crippen molar-refractivity contribution in [3.63, 3.8) is 0 Å². The van der Waals surface area contributed by atoms with Gasteiger partial charge in [0.05, 0.1) is 5.92 Å². The number of carbonyl (C=O) groups is 2. The van der Waals surface area contributed by atoms with Crippen LogP contribution in [0.4, 0.5) is 0 Å². The molecule has 0 radical (unpaired) electrons. The molecule has 4 aromatic rings. The highest BCUT2D eigenvalue weighted by atomic mass is 32.1. The minimum Gasteiger partial charge on any atom is -0.489 e. The van der Waals surface area contributed by atoms with Gasteiger partial charge in [-0.15, -0.1) is 0 Å². The number of carboxylic acid groups (broad SMARTS) is 1. The standard InChI is InChI=1S/C28H28N2O4S/c31-27(30-26(28(32)33)15-21-16-29-25-9-5-4-8-24(21)25)22(18-35)14-19-10-12-23(13-11-19)34-17-20-6-2-1-3-7-20/h1-13,16,22,26,29,35H,14-15,17-18H2,(H,30,31)(H,32,33)/t22?,26-/m0/s1. The average Bonchev–Trinajstić information content (AvgIpc) is 3.29. The Kier molecular flexibility index (Phi) is 8.11. The highest BCUT2D eigenvalue weighted by Gasteiger charge is 2.26. The number of aromatic nitrogens is 1. The number of thiol groups is 1. The molecule has 0 aliphatic heterocycles. The molecule has 7 heteroatoms. The first kappa shape index (κ1) is 24.4. The molecular weight excluding hydrogens is 460 g/mol. The topological polar surface area (TPSA) is 91.4 Å². The van der Waals surface area contributed by atoms with Gasteiger partial charge in [0.15, 0.2) is 0 Å². The largest absolute Gasteiger partial charge is 0.489 e. The second-order valence-corrected chi connectivity index (χ2v) is 8.83. The fourth-order valence-electron chi connectivity index (χ4n) is 4.00. The van der Waals surface area contributed by atoms with Crippen molar-refractivity contribution in [3.05, 3.63) is 102 Å². The van der Waals surface area contributed by atoms with E-state index < -0.39 is 17.9 Å². The first-order valence-electron chi connectivity index (χ1n) is 11.5. The average molecular weight is 489 g/mol. The van der Waals surface area contributed by atoms with Crippen molar-refractivity contribution < 1.29 is 19.4 Å². The first-order valence-corrected chi connectivity index (χ1v) is 12.1. The molecule has 1 aromatic heterocycles. The number of aliphatic carboxylic acids is 1. The summed E-state index contributed by atoms with van der Waals surface area (Å²) in [6.45, 7) is 0.481. The summed E-state index contributed by atoms with van der Waals surface area (Å²) in [6.07, 6.45) is 2.44. The van der Waals surface area contributed by atoms with E-state index in [0.717, 1.165) is 33.3 Å². The Morgan fingerprint density at radius 3 is 2.34 bits per heavy atom. The number of aromatic amines is 1. The fourth-order valence-corrected chi connectivity index (χ4v) is 4.29. The fraction of sp³-hybridized carbons (Fsp3) is 0.214. The minimum atomic E-state index is -1.07. The minimum absolute atomic E-state index is 0.192. The molecule has 1 unspecified atom stereocenters. The van der Waals surface area contributed by atoms with E-state index in [2.05, 4.69) is 22.9 Å². The van der Waals surface area contributed by atoms with Gasteiger partial charge in [0.1, 0.15) is 18.4 Å². The molecule has 0 aliphatic carbocycles. The van der Waals surface area contributed by atoms with Crippen LogP contribution >= 0.6 is 12.6 Å². The number of carboxylic acids is 1. The van der Waals surface area contributed by atoms with Gasteiger partial charge in [-0.1, -0.05) is 60.7 Å². The number of para-hydroxylation sites is 1. The van der Waals surface area contributed by atoms with E-state index in [1.54, 1.807) is 6.20 Å². The molecule has 2 atom stereocenters. The molecule has 35 heavy (non-hydrogen) atoms. The van der Waals surface area contributed by atoms with Gasteiger partial charge in [-0.25, -0.2) is 4.79 Å². The number of benzene rings is 3. The molecule has 0 fully saturated rings. The molecule has 0 saturated heterocycles. The van der Waals surface area contributed by atoms with Crippen LogP contribution in [0.25, 0.3) is 10.9 Å². The third-order valence-electron chi connectivity index (χ3n) is 5.96. The lowest BCUT2D eigenvalue weighted by Gasteiger charge is -2.19.